The second-order valence-electron chi connectivity index (χ2n) is 8.31. The Balaban J connectivity index is 1.46. The molecule has 1 amide bonds. The van der Waals surface area contributed by atoms with E-state index in [0.29, 0.717) is 32.5 Å². The van der Waals surface area contributed by atoms with Gasteiger partial charge in [0.2, 0.25) is 23.6 Å². The first kappa shape index (κ1) is 20.2. The normalized spacial score (nSPS) is 22.9. The van der Waals surface area contributed by atoms with Gasteiger partial charge in [-0.3, -0.25) is 4.79 Å². The van der Waals surface area contributed by atoms with E-state index in [-0.39, 0.29) is 35.3 Å². The van der Waals surface area contributed by atoms with Gasteiger partial charge in [0.05, 0.1) is 0 Å². The van der Waals surface area contributed by atoms with Crippen molar-refractivity contribution in [2.75, 3.05) is 37.6 Å². The number of hydrogen-bond donors (Lipinski definition) is 1. The summed E-state index contributed by atoms with van der Waals surface area (Å²) in [6, 6.07) is 0.879. The van der Waals surface area contributed by atoms with Crippen LogP contribution in [-0.4, -0.2) is 69.7 Å². The van der Waals surface area contributed by atoms with Crippen LogP contribution in [0.25, 0.3) is 11.5 Å². The van der Waals surface area contributed by atoms with Crippen molar-refractivity contribution in [3.63, 3.8) is 0 Å². The van der Waals surface area contributed by atoms with Crippen molar-refractivity contribution in [1.29, 1.82) is 0 Å². The lowest BCUT2D eigenvalue weighted by Crippen LogP contribution is -2.50. The first-order chi connectivity index (χ1) is 14.8. The molecule has 2 aliphatic heterocycles. The summed E-state index contributed by atoms with van der Waals surface area (Å²) in [5.74, 6) is -0.0142. The van der Waals surface area contributed by atoms with Gasteiger partial charge >= 0.3 is 6.18 Å². The first-order valence-electron chi connectivity index (χ1n) is 10.4. The summed E-state index contributed by atoms with van der Waals surface area (Å²) < 4.78 is 45.7. The van der Waals surface area contributed by atoms with Crippen LogP contribution in [0.2, 0.25) is 0 Å². The molecule has 2 saturated heterocycles. The maximum Gasteiger partial charge on any atom is 0.433 e. The highest BCUT2D eigenvalue weighted by molar-refractivity contribution is 5.90. The number of nitrogens with one attached hydrogen (secondary N) is 1. The van der Waals surface area contributed by atoms with Crippen molar-refractivity contribution >= 4 is 11.9 Å². The standard InChI is InChI=1S/C19H22F3N7O2/c1-11-2-7-29(11)17-24-12(10-13(25-17)19(20,21)22)14-26-15(31-27-14)18(3-4-18)16(30)28-8-5-23-6-9-28/h10-11,23H,2-9H2,1H3/t11-/m0/s1. The monoisotopic (exact) mass is 437 g/mol. The van der Waals surface area contributed by atoms with Gasteiger partial charge in [0.15, 0.2) is 5.69 Å². The summed E-state index contributed by atoms with van der Waals surface area (Å²) in [7, 11) is 0. The molecular weight excluding hydrogens is 415 g/mol. The number of carbonyl (C=O) groups is 1. The topological polar surface area (TPSA) is 100 Å². The highest BCUT2D eigenvalue weighted by Crippen LogP contribution is 2.49. The smallest absolute Gasteiger partial charge is 0.339 e. The lowest BCUT2D eigenvalue weighted by atomic mass is 10.0. The molecule has 1 N–H and O–H groups in total. The predicted molar refractivity (Wildman–Crippen MR) is 102 cm³/mol. The van der Waals surface area contributed by atoms with Crippen molar-refractivity contribution < 1.29 is 22.5 Å². The maximum absolute atomic E-state index is 13.4. The van der Waals surface area contributed by atoms with Crippen molar-refractivity contribution in [1.82, 2.24) is 30.3 Å². The highest BCUT2D eigenvalue weighted by Gasteiger charge is 2.57. The predicted octanol–water partition coefficient (Wildman–Crippen LogP) is 1.61. The van der Waals surface area contributed by atoms with Gasteiger partial charge in [-0.05, 0) is 32.3 Å². The van der Waals surface area contributed by atoms with Crippen LogP contribution in [0.3, 0.4) is 0 Å². The fraction of sp³-hybridized carbons (Fsp3) is 0.632. The third-order valence-corrected chi connectivity index (χ3v) is 6.21. The molecule has 3 fully saturated rings. The Morgan fingerprint density at radius 1 is 1.19 bits per heavy atom. The van der Waals surface area contributed by atoms with E-state index in [1.807, 2.05) is 6.92 Å². The molecular formula is C19H22F3N7O2. The van der Waals surface area contributed by atoms with E-state index in [1.54, 1.807) is 9.80 Å². The maximum atomic E-state index is 13.4. The third kappa shape index (κ3) is 3.52. The number of carbonyl (C=O) groups excluding carboxylic acids is 1. The number of halogens is 3. The molecule has 0 aromatic carbocycles. The molecule has 3 aliphatic rings. The molecule has 0 spiro atoms. The number of piperazine rings is 1. The summed E-state index contributed by atoms with van der Waals surface area (Å²) in [5.41, 5.74) is -2.01. The van der Waals surface area contributed by atoms with E-state index in [4.69, 9.17) is 4.52 Å². The quantitative estimate of drug-likeness (QED) is 0.770. The number of nitrogens with zero attached hydrogens (tertiary/aromatic N) is 6. The molecule has 0 unspecified atom stereocenters. The van der Waals surface area contributed by atoms with Crippen molar-refractivity contribution in [3.05, 3.63) is 17.7 Å². The Kier molecular flexibility index (Phi) is 4.65. The summed E-state index contributed by atoms with van der Waals surface area (Å²) in [6.45, 7) is 5.12. The van der Waals surface area contributed by atoms with Gasteiger partial charge < -0.3 is 19.6 Å². The van der Waals surface area contributed by atoms with Crippen LogP contribution in [0.5, 0.6) is 0 Å². The van der Waals surface area contributed by atoms with Crippen LogP contribution in [0.1, 0.15) is 37.8 Å². The van der Waals surface area contributed by atoms with E-state index in [1.165, 1.54) is 0 Å². The largest absolute Gasteiger partial charge is 0.433 e. The number of alkyl halides is 3. The Labute approximate surface area is 176 Å². The van der Waals surface area contributed by atoms with Crippen molar-refractivity contribution in [2.45, 2.75) is 43.8 Å². The number of rotatable bonds is 4. The van der Waals surface area contributed by atoms with E-state index < -0.39 is 17.3 Å². The van der Waals surface area contributed by atoms with Gasteiger partial charge in [-0.15, -0.1) is 0 Å². The minimum Gasteiger partial charge on any atom is -0.339 e. The Hall–Kier alpha value is -2.76. The van der Waals surface area contributed by atoms with Crippen LogP contribution >= 0.6 is 0 Å². The molecule has 31 heavy (non-hydrogen) atoms. The summed E-state index contributed by atoms with van der Waals surface area (Å²) in [5, 5.41) is 7.06. The molecule has 9 nitrogen and oxygen atoms in total. The number of amides is 1. The molecule has 1 atom stereocenters. The molecule has 166 valence electrons. The molecule has 2 aromatic rings. The molecule has 1 saturated carbocycles. The Morgan fingerprint density at radius 2 is 1.94 bits per heavy atom. The van der Waals surface area contributed by atoms with E-state index in [2.05, 4.69) is 25.4 Å². The van der Waals surface area contributed by atoms with Crippen LogP contribution in [0.4, 0.5) is 19.1 Å². The average molecular weight is 437 g/mol. The zero-order valence-electron chi connectivity index (χ0n) is 16.9. The average Bonchev–Trinajstić information content (AvgIpc) is 3.40. The fourth-order valence-corrected chi connectivity index (χ4v) is 3.97. The lowest BCUT2D eigenvalue weighted by Gasteiger charge is -2.38. The highest BCUT2D eigenvalue weighted by atomic mass is 19.4. The first-order valence-corrected chi connectivity index (χ1v) is 10.4. The number of aromatic nitrogens is 4. The minimum atomic E-state index is -4.64. The minimum absolute atomic E-state index is 0.00652. The van der Waals surface area contributed by atoms with Crippen LogP contribution < -0.4 is 10.2 Å². The van der Waals surface area contributed by atoms with E-state index >= 15 is 0 Å². The summed E-state index contributed by atoms with van der Waals surface area (Å²) in [6.07, 6.45) is -2.63. The number of hydrogen-bond acceptors (Lipinski definition) is 8. The second-order valence-corrected chi connectivity index (χ2v) is 8.31. The van der Waals surface area contributed by atoms with E-state index in [0.717, 1.165) is 25.6 Å². The van der Waals surface area contributed by atoms with Gasteiger partial charge in [-0.25, -0.2) is 9.97 Å². The SMILES string of the molecule is C[C@H]1CCN1c1nc(-c2noc(C3(C(=O)N4CCNCC4)CC3)n2)cc(C(F)(F)F)n1. The van der Waals surface area contributed by atoms with Gasteiger partial charge in [0.25, 0.3) is 0 Å². The third-order valence-electron chi connectivity index (χ3n) is 6.21. The molecule has 2 aromatic heterocycles. The van der Waals surface area contributed by atoms with Gasteiger partial charge in [-0.1, -0.05) is 5.16 Å². The molecule has 12 heteroatoms. The van der Waals surface area contributed by atoms with E-state index in [9.17, 15) is 18.0 Å². The Morgan fingerprint density at radius 3 is 2.52 bits per heavy atom. The fourth-order valence-electron chi connectivity index (χ4n) is 3.97. The number of anilines is 1. The molecule has 1 aliphatic carbocycles. The molecule has 0 radical (unpaired) electrons. The molecule has 0 bridgehead atoms. The van der Waals surface area contributed by atoms with Gasteiger partial charge in [-0.2, -0.15) is 18.2 Å². The molecule has 4 heterocycles. The van der Waals surface area contributed by atoms with Crippen LogP contribution in [0, 0.1) is 0 Å². The van der Waals surface area contributed by atoms with Crippen molar-refractivity contribution in [2.24, 2.45) is 0 Å². The van der Waals surface area contributed by atoms with Crippen LogP contribution in [-0.2, 0) is 16.4 Å². The summed E-state index contributed by atoms with van der Waals surface area (Å²) >= 11 is 0. The van der Waals surface area contributed by atoms with Gasteiger partial charge in [0, 0.05) is 38.8 Å². The Bertz CT molecular complexity index is 999. The van der Waals surface area contributed by atoms with Crippen molar-refractivity contribution in [3.8, 4) is 11.5 Å². The molecule has 5 rings (SSSR count). The van der Waals surface area contributed by atoms with Gasteiger partial charge in [0.1, 0.15) is 11.1 Å². The van der Waals surface area contributed by atoms with Crippen LogP contribution in [0.15, 0.2) is 10.6 Å². The second kappa shape index (κ2) is 7.14. The zero-order valence-corrected chi connectivity index (χ0v) is 16.9. The summed E-state index contributed by atoms with van der Waals surface area (Å²) in [4.78, 5) is 28.8. The zero-order chi connectivity index (χ0) is 21.8. The lowest BCUT2D eigenvalue weighted by molar-refractivity contribution is -0.141.